The zero-order valence-corrected chi connectivity index (χ0v) is 23.1. The second kappa shape index (κ2) is 10.3. The molecular weight excluding hydrogens is 470 g/mol. The first-order valence-corrected chi connectivity index (χ1v) is 13.4. The minimum Gasteiger partial charge on any atom is -0.460 e. The summed E-state index contributed by atoms with van der Waals surface area (Å²) in [5, 5.41) is 0.653. The third kappa shape index (κ3) is 5.95. The Bertz CT molecular complexity index is 1230. The van der Waals surface area contributed by atoms with Gasteiger partial charge in [0.15, 0.2) is 5.13 Å². The Morgan fingerprint density at radius 1 is 1.06 bits per heavy atom. The zero-order chi connectivity index (χ0) is 26.1. The maximum atomic E-state index is 14.1. The van der Waals surface area contributed by atoms with Crippen molar-refractivity contribution in [3.05, 3.63) is 59.2 Å². The first kappa shape index (κ1) is 26.3. The van der Waals surface area contributed by atoms with Gasteiger partial charge in [-0.1, -0.05) is 41.7 Å². The van der Waals surface area contributed by atoms with Crippen molar-refractivity contribution in [3.8, 4) is 0 Å². The molecule has 1 amide bonds. The van der Waals surface area contributed by atoms with Crippen LogP contribution in [-0.4, -0.2) is 55.0 Å². The van der Waals surface area contributed by atoms with E-state index in [1.165, 1.54) is 16.9 Å². The lowest BCUT2D eigenvalue weighted by atomic mass is 9.80. The Morgan fingerprint density at radius 2 is 1.72 bits per heavy atom. The molecule has 1 heterocycles. The standard InChI is InChI=1S/C29H37N3O3S/c1-28(2,3)35-25(33)19-29(17-21-11-7-8-12-22(21)18-29)26(34)32(6)27-30-23-16-20(10-9-15-31(4)5)13-14-24(23)36-27/h7-8,11-14,16H,9-10,15,17-19H2,1-6H3. The number of amides is 1. The Morgan fingerprint density at radius 3 is 2.33 bits per heavy atom. The fourth-order valence-corrected chi connectivity index (χ4v) is 5.91. The lowest BCUT2D eigenvalue weighted by molar-refractivity contribution is -0.159. The number of fused-ring (bicyclic) bond motifs is 2. The minimum atomic E-state index is -0.879. The number of anilines is 1. The number of rotatable bonds is 8. The van der Waals surface area contributed by atoms with Crippen LogP contribution in [0.15, 0.2) is 42.5 Å². The average Bonchev–Trinajstić information content (AvgIpc) is 3.37. The molecule has 1 aromatic heterocycles. The van der Waals surface area contributed by atoms with Crippen LogP contribution in [0.4, 0.5) is 5.13 Å². The number of nitrogens with zero attached hydrogens (tertiary/aromatic N) is 3. The van der Waals surface area contributed by atoms with E-state index in [0.717, 1.165) is 40.7 Å². The smallest absolute Gasteiger partial charge is 0.307 e. The third-order valence-corrected chi connectivity index (χ3v) is 7.75. The summed E-state index contributed by atoms with van der Waals surface area (Å²) >= 11 is 1.51. The van der Waals surface area contributed by atoms with Gasteiger partial charge < -0.3 is 9.64 Å². The largest absolute Gasteiger partial charge is 0.460 e. The van der Waals surface area contributed by atoms with Crippen molar-refractivity contribution < 1.29 is 14.3 Å². The van der Waals surface area contributed by atoms with Gasteiger partial charge >= 0.3 is 5.97 Å². The predicted octanol–water partition coefficient (Wildman–Crippen LogP) is 5.27. The van der Waals surface area contributed by atoms with Crippen molar-refractivity contribution >= 4 is 38.6 Å². The van der Waals surface area contributed by atoms with Crippen LogP contribution in [-0.2, 0) is 33.6 Å². The van der Waals surface area contributed by atoms with E-state index in [-0.39, 0.29) is 18.3 Å². The Balaban J connectivity index is 1.58. The van der Waals surface area contributed by atoms with Gasteiger partial charge in [-0.3, -0.25) is 14.5 Å². The summed E-state index contributed by atoms with van der Waals surface area (Å²) in [6.45, 7) is 6.60. The van der Waals surface area contributed by atoms with Gasteiger partial charge in [-0.25, -0.2) is 4.98 Å². The molecule has 0 saturated heterocycles. The number of esters is 1. The summed E-state index contributed by atoms with van der Waals surface area (Å²) in [7, 11) is 5.94. The van der Waals surface area contributed by atoms with E-state index < -0.39 is 11.0 Å². The maximum absolute atomic E-state index is 14.1. The first-order chi connectivity index (χ1) is 17.0. The summed E-state index contributed by atoms with van der Waals surface area (Å²) < 4.78 is 6.69. The molecule has 0 unspecified atom stereocenters. The van der Waals surface area contributed by atoms with E-state index in [0.29, 0.717) is 18.0 Å². The molecule has 4 rings (SSSR count). The van der Waals surface area contributed by atoms with E-state index in [9.17, 15) is 9.59 Å². The van der Waals surface area contributed by atoms with Crippen molar-refractivity contribution in [1.82, 2.24) is 9.88 Å². The molecule has 2 aromatic carbocycles. The molecule has 192 valence electrons. The van der Waals surface area contributed by atoms with E-state index in [1.54, 1.807) is 11.9 Å². The molecule has 0 fully saturated rings. The molecule has 0 bridgehead atoms. The fraction of sp³-hybridized carbons (Fsp3) is 0.483. The number of carbonyl (C=O) groups is 2. The van der Waals surface area contributed by atoms with Crippen LogP contribution in [0.2, 0.25) is 0 Å². The van der Waals surface area contributed by atoms with Crippen molar-refractivity contribution in [2.24, 2.45) is 5.41 Å². The number of ether oxygens (including phenoxy) is 1. The van der Waals surface area contributed by atoms with E-state index in [1.807, 2.05) is 32.9 Å². The van der Waals surface area contributed by atoms with Gasteiger partial charge in [0, 0.05) is 7.05 Å². The molecule has 1 aliphatic rings. The molecule has 0 N–H and O–H groups in total. The summed E-state index contributed by atoms with van der Waals surface area (Å²) in [4.78, 5) is 35.7. The molecule has 0 radical (unpaired) electrons. The molecule has 3 aromatic rings. The molecule has 0 atom stereocenters. The van der Waals surface area contributed by atoms with Crippen molar-refractivity contribution in [1.29, 1.82) is 0 Å². The number of thiazole rings is 1. The number of hydrogen-bond acceptors (Lipinski definition) is 6. The van der Waals surface area contributed by atoms with Gasteiger partial charge in [0.05, 0.1) is 22.1 Å². The average molecular weight is 508 g/mol. The van der Waals surface area contributed by atoms with Gasteiger partial charge in [0.25, 0.3) is 0 Å². The minimum absolute atomic E-state index is 0.0447. The van der Waals surface area contributed by atoms with Crippen LogP contribution in [0.1, 0.15) is 50.3 Å². The SMILES string of the molecule is CN(C)CCCc1ccc2sc(N(C)C(=O)C3(CC(=O)OC(C)(C)C)Cc4ccccc4C3)nc2c1. The predicted molar refractivity (Wildman–Crippen MR) is 147 cm³/mol. The number of benzene rings is 2. The van der Waals surface area contributed by atoms with E-state index >= 15 is 0 Å². The Hall–Kier alpha value is -2.77. The normalized spacial score (nSPS) is 14.8. The maximum Gasteiger partial charge on any atom is 0.307 e. The second-order valence-corrected chi connectivity index (χ2v) is 12.2. The molecule has 0 saturated carbocycles. The van der Waals surface area contributed by atoms with Gasteiger partial charge in [0.2, 0.25) is 5.91 Å². The lowest BCUT2D eigenvalue weighted by Crippen LogP contribution is -2.45. The second-order valence-electron chi connectivity index (χ2n) is 11.2. The number of hydrogen-bond donors (Lipinski definition) is 0. The topological polar surface area (TPSA) is 62.7 Å². The Kier molecular flexibility index (Phi) is 7.53. The summed E-state index contributed by atoms with van der Waals surface area (Å²) in [6.07, 6.45) is 3.16. The lowest BCUT2D eigenvalue weighted by Gasteiger charge is -2.31. The highest BCUT2D eigenvalue weighted by atomic mass is 32.1. The van der Waals surface area contributed by atoms with Crippen molar-refractivity contribution in [3.63, 3.8) is 0 Å². The number of carbonyl (C=O) groups excluding carboxylic acids is 2. The summed E-state index contributed by atoms with van der Waals surface area (Å²) in [5.41, 5.74) is 2.92. The van der Waals surface area contributed by atoms with E-state index in [4.69, 9.17) is 9.72 Å². The zero-order valence-electron chi connectivity index (χ0n) is 22.3. The van der Waals surface area contributed by atoms with Crippen LogP contribution >= 0.6 is 11.3 Å². The van der Waals surface area contributed by atoms with Crippen LogP contribution in [0.3, 0.4) is 0 Å². The highest BCUT2D eigenvalue weighted by molar-refractivity contribution is 7.22. The van der Waals surface area contributed by atoms with Gasteiger partial charge in [-0.15, -0.1) is 0 Å². The number of aryl methyl sites for hydroxylation is 1. The van der Waals surface area contributed by atoms with Crippen LogP contribution < -0.4 is 4.90 Å². The molecule has 7 heteroatoms. The summed E-state index contributed by atoms with van der Waals surface area (Å²) in [5.74, 6) is -0.432. The summed E-state index contributed by atoms with van der Waals surface area (Å²) in [6, 6.07) is 14.5. The highest BCUT2D eigenvalue weighted by Gasteiger charge is 2.48. The molecular formula is C29H37N3O3S. The van der Waals surface area contributed by atoms with Crippen LogP contribution in [0.5, 0.6) is 0 Å². The van der Waals surface area contributed by atoms with Crippen LogP contribution in [0, 0.1) is 5.41 Å². The highest BCUT2D eigenvalue weighted by Crippen LogP contribution is 2.43. The third-order valence-electron chi connectivity index (χ3n) is 6.64. The Labute approximate surface area is 218 Å². The van der Waals surface area contributed by atoms with Crippen molar-refractivity contribution in [2.75, 3.05) is 32.6 Å². The van der Waals surface area contributed by atoms with Gasteiger partial charge in [0.1, 0.15) is 5.60 Å². The molecule has 0 spiro atoms. The fourth-order valence-electron chi connectivity index (χ4n) is 5.00. The van der Waals surface area contributed by atoms with Crippen LogP contribution in [0.25, 0.3) is 10.2 Å². The molecule has 6 nitrogen and oxygen atoms in total. The van der Waals surface area contributed by atoms with Crippen molar-refractivity contribution in [2.45, 2.75) is 58.5 Å². The molecule has 0 aliphatic heterocycles. The quantitative estimate of drug-likeness (QED) is 0.389. The van der Waals surface area contributed by atoms with Gasteiger partial charge in [-0.05, 0) is 95.9 Å². The number of aromatic nitrogens is 1. The monoisotopic (exact) mass is 507 g/mol. The molecule has 1 aliphatic carbocycles. The van der Waals surface area contributed by atoms with E-state index in [2.05, 4.69) is 49.3 Å². The molecule has 36 heavy (non-hydrogen) atoms. The first-order valence-electron chi connectivity index (χ1n) is 12.6. The van der Waals surface area contributed by atoms with Gasteiger partial charge in [-0.2, -0.15) is 0 Å².